The molecule has 0 bridgehead atoms. The van der Waals surface area contributed by atoms with Crippen LogP contribution in [0.4, 0.5) is 18.9 Å². The van der Waals surface area contributed by atoms with Crippen LogP contribution in [0.5, 0.6) is 0 Å². The fourth-order valence-corrected chi connectivity index (χ4v) is 2.29. The number of hydrogen-bond acceptors (Lipinski definition) is 4. The molecule has 1 heterocycles. The van der Waals surface area contributed by atoms with Crippen LogP contribution in [0.2, 0.25) is 0 Å². The van der Waals surface area contributed by atoms with E-state index in [4.69, 9.17) is 0 Å². The summed E-state index contributed by atoms with van der Waals surface area (Å²) in [6.45, 7) is 0. The van der Waals surface area contributed by atoms with Gasteiger partial charge in [-0.15, -0.1) is 0 Å². The molecule has 0 aliphatic carbocycles. The Labute approximate surface area is 130 Å². The maximum atomic E-state index is 12.6. The Morgan fingerprint density at radius 3 is 2.26 bits per heavy atom. The molecule has 0 saturated carbocycles. The van der Waals surface area contributed by atoms with Gasteiger partial charge in [-0.3, -0.25) is 9.59 Å². The zero-order valence-electron chi connectivity index (χ0n) is 12.1. The van der Waals surface area contributed by atoms with Crippen LogP contribution in [0.1, 0.15) is 16.8 Å². The molecule has 10 heteroatoms. The van der Waals surface area contributed by atoms with Crippen LogP contribution in [0.3, 0.4) is 0 Å². The molecule has 0 atom stereocenters. The van der Waals surface area contributed by atoms with Crippen LogP contribution in [0.25, 0.3) is 0 Å². The first kappa shape index (κ1) is 17.1. The molecule has 0 radical (unpaired) electrons. The summed E-state index contributed by atoms with van der Waals surface area (Å²) in [5.41, 5.74) is -0.967. The van der Waals surface area contributed by atoms with E-state index in [0.29, 0.717) is 5.01 Å². The number of nitrogens with zero attached hydrogens (tertiary/aromatic N) is 3. The maximum absolute atomic E-state index is 12.6. The van der Waals surface area contributed by atoms with Gasteiger partial charge in [-0.1, -0.05) is 0 Å². The van der Waals surface area contributed by atoms with Gasteiger partial charge in [0.2, 0.25) is 0 Å². The lowest BCUT2D eigenvalue weighted by Crippen LogP contribution is -2.22. The van der Waals surface area contributed by atoms with Crippen LogP contribution in [-0.2, 0) is 14.5 Å². The first-order chi connectivity index (χ1) is 10.5. The molecule has 2 amide bonds. The van der Waals surface area contributed by atoms with Gasteiger partial charge in [0.15, 0.2) is 5.71 Å². The normalized spacial score (nSPS) is 15.6. The average Bonchev–Trinajstić information content (AvgIpc) is 2.79. The molecule has 1 aromatic rings. The highest BCUT2D eigenvalue weighted by atomic mass is 32.2. The number of carbonyl (C=O) groups excluding carboxylic acids is 2. The van der Waals surface area contributed by atoms with Gasteiger partial charge >= 0.3 is 6.18 Å². The molecule has 0 fully saturated rings. The van der Waals surface area contributed by atoms with E-state index < -0.39 is 39.9 Å². The molecule has 2 rings (SSSR count). The molecule has 1 aliphatic rings. The number of hydrogen-bond donors (Lipinski definition) is 0. The van der Waals surface area contributed by atoms with Crippen molar-refractivity contribution in [3.8, 4) is 0 Å². The molecule has 0 N–H and O–H groups in total. The summed E-state index contributed by atoms with van der Waals surface area (Å²) in [5, 5.41) is 3.90. The van der Waals surface area contributed by atoms with Crippen LogP contribution in [0.15, 0.2) is 33.7 Å². The fourth-order valence-electron chi connectivity index (χ4n) is 1.79. The van der Waals surface area contributed by atoms with Gasteiger partial charge in [0.1, 0.15) is 0 Å². The third kappa shape index (κ3) is 4.15. The number of hydrazone groups is 1. The second kappa shape index (κ2) is 5.76. The van der Waals surface area contributed by atoms with Gasteiger partial charge in [0, 0.05) is 27.8 Å². The Balaban J connectivity index is 2.27. The highest BCUT2D eigenvalue weighted by Crippen LogP contribution is 2.28. The Morgan fingerprint density at radius 1 is 1.26 bits per heavy atom. The molecular formula is C13H12F3N3O3S. The van der Waals surface area contributed by atoms with E-state index in [1.165, 1.54) is 36.8 Å². The second-order valence-electron chi connectivity index (χ2n) is 5.05. The van der Waals surface area contributed by atoms with Crippen molar-refractivity contribution in [2.75, 3.05) is 17.5 Å². The Hall–Kier alpha value is -2.23. The van der Waals surface area contributed by atoms with Crippen molar-refractivity contribution < 1.29 is 27.0 Å². The monoisotopic (exact) mass is 347 g/mol. The van der Waals surface area contributed by atoms with E-state index in [1.54, 1.807) is 0 Å². The van der Waals surface area contributed by atoms with Gasteiger partial charge in [-0.05, 0) is 24.3 Å². The molecular weight excluding hydrogens is 335 g/mol. The van der Waals surface area contributed by atoms with Gasteiger partial charge in [0.05, 0.1) is 12.1 Å². The molecule has 1 aliphatic heterocycles. The summed E-state index contributed by atoms with van der Waals surface area (Å²) in [7, 11) is -2.62. The van der Waals surface area contributed by atoms with E-state index in [-0.39, 0.29) is 11.3 Å². The fraction of sp³-hybridized carbons (Fsp3) is 0.308. The number of anilines is 1. The van der Waals surface area contributed by atoms with Crippen molar-refractivity contribution >= 4 is 32.9 Å². The Bertz CT molecular complexity index is 798. The molecule has 0 saturated heterocycles. The largest absolute Gasteiger partial charge is 0.431 e. The van der Waals surface area contributed by atoms with Crippen molar-refractivity contribution in [1.29, 1.82) is 0 Å². The van der Waals surface area contributed by atoms with Crippen LogP contribution in [-0.4, -0.2) is 40.4 Å². The number of carbonyl (C=O) groups is 2. The average molecular weight is 347 g/mol. The van der Waals surface area contributed by atoms with Crippen LogP contribution >= 0.6 is 0 Å². The summed E-state index contributed by atoms with van der Waals surface area (Å²) in [4.78, 5) is 23.4. The minimum absolute atomic E-state index is 0.0968. The molecule has 0 spiro atoms. The molecule has 0 unspecified atom stereocenters. The topological polar surface area (TPSA) is 79.2 Å². The van der Waals surface area contributed by atoms with E-state index in [2.05, 4.69) is 9.46 Å². The van der Waals surface area contributed by atoms with Gasteiger partial charge in [0.25, 0.3) is 11.8 Å². The predicted molar refractivity (Wildman–Crippen MR) is 78.8 cm³/mol. The van der Waals surface area contributed by atoms with Crippen molar-refractivity contribution in [2.45, 2.75) is 12.6 Å². The number of rotatable bonds is 2. The van der Waals surface area contributed by atoms with E-state index in [9.17, 15) is 27.0 Å². The summed E-state index contributed by atoms with van der Waals surface area (Å²) >= 11 is 0. The lowest BCUT2D eigenvalue weighted by atomic mass is 10.2. The van der Waals surface area contributed by atoms with E-state index in [1.807, 2.05) is 0 Å². The molecule has 0 aromatic heterocycles. The highest BCUT2D eigenvalue weighted by molar-refractivity contribution is 7.92. The van der Waals surface area contributed by atoms with E-state index in [0.717, 1.165) is 0 Å². The Morgan fingerprint density at radius 2 is 1.83 bits per heavy atom. The summed E-state index contributed by atoms with van der Waals surface area (Å²) in [5.74, 6) is -1.52. The van der Waals surface area contributed by atoms with Crippen molar-refractivity contribution in [3.63, 3.8) is 0 Å². The van der Waals surface area contributed by atoms with E-state index >= 15 is 0 Å². The quantitative estimate of drug-likeness (QED) is 0.823. The summed E-state index contributed by atoms with van der Waals surface area (Å²) < 4.78 is 52.6. The lowest BCUT2D eigenvalue weighted by Gasteiger charge is -2.11. The minimum atomic E-state index is -4.66. The van der Waals surface area contributed by atoms with Gasteiger partial charge < -0.3 is 0 Å². The van der Waals surface area contributed by atoms with Crippen molar-refractivity contribution in [3.05, 3.63) is 29.8 Å². The SMILES string of the molecule is CS(C)(=O)=NC(=O)c1ccc(N2N=C(C(F)(F)F)CC2=O)cc1. The summed E-state index contributed by atoms with van der Waals surface area (Å²) in [6, 6.07) is 5.11. The maximum Gasteiger partial charge on any atom is 0.431 e. The number of alkyl halides is 3. The zero-order valence-corrected chi connectivity index (χ0v) is 12.9. The van der Waals surface area contributed by atoms with Gasteiger partial charge in [-0.2, -0.15) is 22.6 Å². The third-order valence-electron chi connectivity index (χ3n) is 2.76. The molecule has 6 nitrogen and oxygen atoms in total. The Kier molecular flexibility index (Phi) is 4.29. The van der Waals surface area contributed by atoms with Crippen LogP contribution in [0, 0.1) is 0 Å². The molecule has 124 valence electrons. The van der Waals surface area contributed by atoms with Crippen molar-refractivity contribution in [1.82, 2.24) is 0 Å². The predicted octanol–water partition coefficient (Wildman–Crippen LogP) is 2.21. The summed E-state index contributed by atoms with van der Waals surface area (Å²) in [6.07, 6.45) is -2.89. The second-order valence-corrected chi connectivity index (χ2v) is 7.60. The zero-order chi connectivity index (χ0) is 17.4. The molecule has 1 aromatic carbocycles. The smallest absolute Gasteiger partial charge is 0.272 e. The first-order valence-electron chi connectivity index (χ1n) is 6.26. The lowest BCUT2D eigenvalue weighted by molar-refractivity contribution is -0.117. The van der Waals surface area contributed by atoms with Crippen LogP contribution < -0.4 is 5.01 Å². The number of halogens is 3. The molecule has 23 heavy (non-hydrogen) atoms. The number of amides is 2. The first-order valence-corrected chi connectivity index (χ1v) is 8.60. The highest BCUT2D eigenvalue weighted by Gasteiger charge is 2.42. The number of benzene rings is 1. The van der Waals surface area contributed by atoms with Gasteiger partial charge in [-0.25, -0.2) is 9.22 Å². The minimum Gasteiger partial charge on any atom is -0.272 e. The van der Waals surface area contributed by atoms with Crippen molar-refractivity contribution in [2.24, 2.45) is 9.46 Å². The standard InChI is InChI=1S/C13H12F3N3O3S/c1-23(2,22)18-12(21)8-3-5-9(6-4-8)19-11(20)7-10(17-19)13(14,15)16/h3-6H,7H2,1-2H3. The third-order valence-corrected chi connectivity index (χ3v) is 3.37.